The number of rotatable bonds is 9. The van der Waals surface area contributed by atoms with Crippen LogP contribution in [0.2, 0.25) is 0 Å². The fraction of sp³-hybridized carbons (Fsp3) is 0.611. The number of nitrogens with two attached hydrogens (primary N) is 1. The molecule has 1 saturated heterocycles. The number of ether oxygens (including phenoxy) is 1. The molecule has 0 aliphatic carbocycles. The van der Waals surface area contributed by atoms with E-state index in [4.69, 9.17) is 4.74 Å². The Kier molecular flexibility index (Phi) is 8.56. The van der Waals surface area contributed by atoms with Crippen LogP contribution in [0.4, 0.5) is 5.82 Å². The monoisotopic (exact) mass is 398 g/mol. The summed E-state index contributed by atoms with van der Waals surface area (Å²) in [5, 5.41) is 1.79. The normalized spacial score (nSPS) is 22.8. The Balaban J connectivity index is 0.00000288. The van der Waals surface area contributed by atoms with Crippen LogP contribution < -0.4 is 22.3 Å². The number of unbranched alkanes of at least 4 members (excludes halogenated alkanes) is 3. The van der Waals surface area contributed by atoms with Gasteiger partial charge in [0.05, 0.1) is 5.92 Å². The first-order valence-corrected chi connectivity index (χ1v) is 8.55. The minimum absolute atomic E-state index is 0. The molecule has 2 heterocycles. The van der Waals surface area contributed by atoms with Gasteiger partial charge in [-0.25, -0.2) is 4.98 Å². The Morgan fingerprint density at radius 3 is 2.83 bits per heavy atom. The molecular formula is C18H27BrN2O3. The lowest BCUT2D eigenvalue weighted by atomic mass is 9.89. The van der Waals surface area contributed by atoms with Gasteiger partial charge in [-0.2, -0.15) is 0 Å². The van der Waals surface area contributed by atoms with Gasteiger partial charge in [0.15, 0.2) is 5.60 Å². The Labute approximate surface area is 154 Å². The molecule has 0 spiro atoms. The van der Waals surface area contributed by atoms with E-state index >= 15 is 0 Å². The fourth-order valence-corrected chi connectivity index (χ4v) is 3.02. The van der Waals surface area contributed by atoms with E-state index in [1.807, 2.05) is 18.2 Å². The number of aromatic nitrogens is 1. The number of hydrogen-bond acceptors (Lipinski definition) is 4. The van der Waals surface area contributed by atoms with E-state index in [9.17, 15) is 9.59 Å². The number of cyclic esters (lactones) is 1. The molecule has 1 fully saturated rings. The number of halogens is 1. The molecule has 0 radical (unpaired) electrons. The average molecular weight is 399 g/mol. The summed E-state index contributed by atoms with van der Waals surface area (Å²) in [5.74, 6) is 0.378. The molecule has 5 nitrogen and oxygen atoms in total. The van der Waals surface area contributed by atoms with Crippen molar-refractivity contribution in [3.63, 3.8) is 0 Å². The van der Waals surface area contributed by atoms with Crippen LogP contribution in [0.25, 0.3) is 0 Å². The van der Waals surface area contributed by atoms with Gasteiger partial charge in [0, 0.05) is 18.7 Å². The summed E-state index contributed by atoms with van der Waals surface area (Å²) in [6, 6.07) is 5.57. The van der Waals surface area contributed by atoms with Crippen LogP contribution in [0.5, 0.6) is 0 Å². The molecule has 2 rings (SSSR count). The van der Waals surface area contributed by atoms with Crippen molar-refractivity contribution in [1.29, 1.82) is 0 Å². The number of hydrogen-bond donors (Lipinski definition) is 1. The molecule has 2 atom stereocenters. The third-order valence-electron chi connectivity index (χ3n) is 4.48. The number of pyridine rings is 1. The first kappa shape index (κ1) is 20.8. The lowest BCUT2D eigenvalue weighted by molar-refractivity contribution is -0.563. The Hall–Kier alpha value is -1.27. The van der Waals surface area contributed by atoms with E-state index in [1.165, 1.54) is 12.8 Å². The second-order valence-corrected chi connectivity index (χ2v) is 6.49. The smallest absolute Gasteiger partial charge is 0.310 e. The quantitative estimate of drug-likeness (QED) is 0.434. The second kappa shape index (κ2) is 9.89. The summed E-state index contributed by atoms with van der Waals surface area (Å²) in [7, 11) is 0. The van der Waals surface area contributed by atoms with Crippen molar-refractivity contribution < 1.29 is 36.6 Å². The second-order valence-electron chi connectivity index (χ2n) is 6.49. The highest BCUT2D eigenvalue weighted by Crippen LogP contribution is 2.34. The number of nitrogens with zero attached hydrogens (tertiary/aromatic N) is 1. The molecule has 2 N–H and O–H groups in total. The zero-order valence-corrected chi connectivity index (χ0v) is 16.0. The standard InChI is InChI=1S/C18H26N2O3.BrH/c1-3-4-5-6-9-14-12-18(2,23-17(14)22)15(21)13-20-16-10-7-8-11-19-16;/h7-8,10-11,14H,3-6,9,12-13H2,1-2H3,(H,19,20);1H. The number of quaternary nitrogens is 1. The lowest BCUT2D eigenvalue weighted by Gasteiger charge is -2.19. The predicted molar refractivity (Wildman–Crippen MR) is 87.1 cm³/mol. The van der Waals surface area contributed by atoms with Gasteiger partial charge in [0.25, 0.3) is 0 Å². The van der Waals surface area contributed by atoms with Gasteiger partial charge < -0.3 is 21.7 Å². The molecular weight excluding hydrogens is 372 g/mol. The van der Waals surface area contributed by atoms with E-state index < -0.39 is 5.60 Å². The summed E-state index contributed by atoms with van der Waals surface area (Å²) < 4.78 is 5.44. The van der Waals surface area contributed by atoms with Crippen molar-refractivity contribution in [1.82, 2.24) is 4.98 Å². The zero-order valence-electron chi connectivity index (χ0n) is 14.5. The molecule has 0 aromatic carbocycles. The minimum Gasteiger partial charge on any atom is -1.00 e. The average Bonchev–Trinajstić information content (AvgIpc) is 2.85. The van der Waals surface area contributed by atoms with E-state index in [0.29, 0.717) is 6.42 Å². The molecule has 1 aromatic heterocycles. The lowest BCUT2D eigenvalue weighted by Crippen LogP contribution is -3.00. The first-order valence-electron chi connectivity index (χ1n) is 8.55. The van der Waals surface area contributed by atoms with Gasteiger partial charge in [-0.1, -0.05) is 38.7 Å². The van der Waals surface area contributed by atoms with Crippen molar-refractivity contribution in [3.05, 3.63) is 24.4 Å². The highest BCUT2D eigenvalue weighted by Gasteiger charge is 2.48. The van der Waals surface area contributed by atoms with Gasteiger partial charge in [0.1, 0.15) is 6.54 Å². The molecule has 2 unspecified atom stereocenters. The molecule has 1 aromatic rings. The van der Waals surface area contributed by atoms with E-state index in [0.717, 1.165) is 25.1 Å². The molecule has 0 saturated carbocycles. The Morgan fingerprint density at radius 1 is 1.38 bits per heavy atom. The van der Waals surface area contributed by atoms with Crippen molar-refractivity contribution in [3.8, 4) is 0 Å². The SMILES string of the molecule is CCCCCCC1CC(C)(C(=O)C[NH2+]c2ccccn2)OC1=O.[Br-]. The number of ketones is 1. The largest absolute Gasteiger partial charge is 1.00 e. The van der Waals surface area contributed by atoms with Crippen molar-refractivity contribution >= 4 is 17.6 Å². The van der Waals surface area contributed by atoms with Gasteiger partial charge in [-0.3, -0.25) is 14.9 Å². The van der Waals surface area contributed by atoms with Crippen LogP contribution in [0, 0.1) is 5.92 Å². The molecule has 0 bridgehead atoms. The van der Waals surface area contributed by atoms with E-state index in [-0.39, 0.29) is 41.2 Å². The van der Waals surface area contributed by atoms with E-state index in [1.54, 1.807) is 18.4 Å². The van der Waals surface area contributed by atoms with Gasteiger partial charge in [-0.05, 0) is 19.4 Å². The summed E-state index contributed by atoms with van der Waals surface area (Å²) in [4.78, 5) is 28.7. The fourth-order valence-electron chi connectivity index (χ4n) is 3.02. The topological polar surface area (TPSA) is 72.9 Å². The third-order valence-corrected chi connectivity index (χ3v) is 4.48. The maximum atomic E-state index is 12.5. The summed E-state index contributed by atoms with van der Waals surface area (Å²) in [5.41, 5.74) is -0.974. The highest BCUT2D eigenvalue weighted by atomic mass is 79.9. The third kappa shape index (κ3) is 5.67. The molecule has 6 heteroatoms. The molecule has 1 aliphatic rings. The van der Waals surface area contributed by atoms with Gasteiger partial charge in [-0.15, -0.1) is 0 Å². The van der Waals surface area contributed by atoms with Crippen LogP contribution in [-0.2, 0) is 14.3 Å². The predicted octanol–water partition coefficient (Wildman–Crippen LogP) is -0.858. The Bertz CT molecular complexity index is 538. The van der Waals surface area contributed by atoms with Crippen molar-refractivity contribution in [2.45, 2.75) is 58.0 Å². The van der Waals surface area contributed by atoms with Crippen LogP contribution in [-0.4, -0.2) is 28.9 Å². The summed E-state index contributed by atoms with van der Waals surface area (Å²) in [6.07, 6.45) is 7.56. The van der Waals surface area contributed by atoms with Crippen molar-refractivity contribution in [2.24, 2.45) is 5.92 Å². The number of esters is 1. The zero-order chi connectivity index (χ0) is 16.7. The maximum Gasteiger partial charge on any atom is 0.310 e. The number of carbonyl (C=O) groups is 2. The molecule has 24 heavy (non-hydrogen) atoms. The molecule has 134 valence electrons. The van der Waals surface area contributed by atoms with Crippen LogP contribution in [0.3, 0.4) is 0 Å². The molecule has 1 aliphatic heterocycles. The van der Waals surface area contributed by atoms with Crippen LogP contribution in [0.1, 0.15) is 52.4 Å². The van der Waals surface area contributed by atoms with Crippen LogP contribution >= 0.6 is 0 Å². The number of carbonyl (C=O) groups excluding carboxylic acids is 2. The maximum absolute atomic E-state index is 12.5. The summed E-state index contributed by atoms with van der Waals surface area (Å²) >= 11 is 0. The highest BCUT2D eigenvalue weighted by molar-refractivity contribution is 5.93. The first-order chi connectivity index (χ1) is 11.0. The van der Waals surface area contributed by atoms with Crippen LogP contribution in [0.15, 0.2) is 24.4 Å². The van der Waals surface area contributed by atoms with E-state index in [2.05, 4.69) is 11.9 Å². The van der Waals surface area contributed by atoms with Gasteiger partial charge in [0.2, 0.25) is 11.6 Å². The molecule has 0 amide bonds. The Morgan fingerprint density at radius 2 is 2.17 bits per heavy atom. The summed E-state index contributed by atoms with van der Waals surface area (Å²) in [6.45, 7) is 4.15. The minimum atomic E-state index is -0.974. The number of Topliss-reactive ketones (excluding diaryl/α,β-unsaturated/α-hetero) is 1. The van der Waals surface area contributed by atoms with Gasteiger partial charge >= 0.3 is 5.97 Å². The van der Waals surface area contributed by atoms with Crippen molar-refractivity contribution in [2.75, 3.05) is 6.54 Å².